The zero-order chi connectivity index (χ0) is 11.5. The van der Waals surface area contributed by atoms with E-state index in [4.69, 9.17) is 17.0 Å². The van der Waals surface area contributed by atoms with Gasteiger partial charge >= 0.3 is 0 Å². The Balaban J connectivity index is 2.44. The van der Waals surface area contributed by atoms with Crippen LogP contribution in [-0.4, -0.2) is 23.3 Å². The fourth-order valence-corrected chi connectivity index (χ4v) is 2.67. The average Bonchev–Trinajstić information content (AvgIpc) is 2.71. The van der Waals surface area contributed by atoms with E-state index >= 15 is 0 Å². The topological polar surface area (TPSA) is 47.0 Å². The van der Waals surface area contributed by atoms with Crippen molar-refractivity contribution in [1.29, 1.82) is 0 Å². The molecular weight excluding hydrogens is 244 g/mol. The second kappa shape index (κ2) is 4.90. The maximum absolute atomic E-state index is 12.0. The Morgan fingerprint density at radius 3 is 3.19 bits per heavy atom. The van der Waals surface area contributed by atoms with Crippen LogP contribution in [0.15, 0.2) is 16.2 Å². The van der Waals surface area contributed by atoms with E-state index < -0.39 is 0 Å². The first-order valence-corrected chi connectivity index (χ1v) is 6.22. The van der Waals surface area contributed by atoms with Crippen LogP contribution in [0.25, 0.3) is 10.2 Å². The number of hydrogen-bond donors (Lipinski definition) is 1. The summed E-state index contributed by atoms with van der Waals surface area (Å²) in [6, 6.07) is 1.82. The Hall–Kier alpha value is -0.980. The summed E-state index contributed by atoms with van der Waals surface area (Å²) in [6.07, 6.45) is 0.781. The van der Waals surface area contributed by atoms with Crippen LogP contribution < -0.4 is 5.56 Å². The first-order chi connectivity index (χ1) is 7.74. The molecule has 0 unspecified atom stereocenters. The van der Waals surface area contributed by atoms with Gasteiger partial charge in [-0.05, 0) is 30.1 Å². The van der Waals surface area contributed by atoms with Crippen LogP contribution in [0.2, 0.25) is 0 Å². The van der Waals surface area contributed by atoms with E-state index in [0.717, 1.165) is 11.3 Å². The van der Waals surface area contributed by atoms with Gasteiger partial charge in [0.1, 0.15) is 4.83 Å². The third kappa shape index (κ3) is 2.09. The van der Waals surface area contributed by atoms with Gasteiger partial charge < -0.3 is 9.72 Å². The summed E-state index contributed by atoms with van der Waals surface area (Å²) in [5.41, 5.74) is -0.0175. The molecule has 2 heterocycles. The third-order valence-electron chi connectivity index (χ3n) is 2.34. The van der Waals surface area contributed by atoms with Crippen molar-refractivity contribution in [2.75, 3.05) is 13.7 Å². The van der Waals surface area contributed by atoms with Crippen molar-refractivity contribution in [2.24, 2.45) is 0 Å². The van der Waals surface area contributed by atoms with E-state index in [9.17, 15) is 4.79 Å². The lowest BCUT2D eigenvalue weighted by Crippen LogP contribution is -2.22. The minimum atomic E-state index is -0.0175. The number of methoxy groups -OCH3 is 1. The molecule has 6 heteroatoms. The molecular formula is C10H12N2O2S2. The van der Waals surface area contributed by atoms with Gasteiger partial charge in [0.15, 0.2) is 4.77 Å². The largest absolute Gasteiger partial charge is 0.385 e. The maximum Gasteiger partial charge on any atom is 0.263 e. The fourth-order valence-electron chi connectivity index (χ4n) is 1.55. The van der Waals surface area contributed by atoms with Crippen molar-refractivity contribution in [3.63, 3.8) is 0 Å². The van der Waals surface area contributed by atoms with E-state index in [0.29, 0.717) is 23.3 Å². The van der Waals surface area contributed by atoms with Crippen molar-refractivity contribution in [3.05, 3.63) is 26.6 Å². The van der Waals surface area contributed by atoms with Gasteiger partial charge in [0.2, 0.25) is 0 Å². The fraction of sp³-hybridized carbons (Fsp3) is 0.400. The quantitative estimate of drug-likeness (QED) is 0.673. The number of ether oxygens (including phenoxy) is 1. The smallest absolute Gasteiger partial charge is 0.263 e. The molecule has 0 radical (unpaired) electrons. The molecule has 16 heavy (non-hydrogen) atoms. The van der Waals surface area contributed by atoms with Gasteiger partial charge in [-0.3, -0.25) is 9.36 Å². The number of thiophene rings is 1. The number of aromatic amines is 1. The van der Waals surface area contributed by atoms with Crippen LogP contribution >= 0.6 is 23.6 Å². The van der Waals surface area contributed by atoms with Crippen LogP contribution in [0.4, 0.5) is 0 Å². The Labute approximate surface area is 101 Å². The standard InChI is InChI=1S/C10H12N2O2S2/c1-14-5-2-4-12-9(13)7-3-6-16-8(7)11-10(12)15/h3,6H,2,4-5H2,1H3,(H,11,15). The highest BCUT2D eigenvalue weighted by atomic mass is 32.1. The van der Waals surface area contributed by atoms with Gasteiger partial charge in [0, 0.05) is 20.3 Å². The summed E-state index contributed by atoms with van der Waals surface area (Å²) in [7, 11) is 1.64. The molecule has 0 atom stereocenters. The van der Waals surface area contributed by atoms with E-state index in [2.05, 4.69) is 4.98 Å². The number of rotatable bonds is 4. The number of hydrogen-bond acceptors (Lipinski definition) is 4. The summed E-state index contributed by atoms with van der Waals surface area (Å²) in [4.78, 5) is 16.0. The summed E-state index contributed by atoms with van der Waals surface area (Å²) < 4.78 is 7.03. The second-order valence-corrected chi connectivity index (χ2v) is 4.70. The average molecular weight is 256 g/mol. The van der Waals surface area contributed by atoms with Crippen molar-refractivity contribution in [2.45, 2.75) is 13.0 Å². The van der Waals surface area contributed by atoms with Crippen molar-refractivity contribution in [3.8, 4) is 0 Å². The monoisotopic (exact) mass is 256 g/mol. The minimum absolute atomic E-state index is 0.0175. The molecule has 0 amide bonds. The normalized spacial score (nSPS) is 11.1. The SMILES string of the molecule is COCCCn1c(=S)[nH]c2sccc2c1=O. The molecule has 2 aromatic rings. The Morgan fingerprint density at radius 1 is 1.62 bits per heavy atom. The number of fused-ring (bicyclic) bond motifs is 1. The second-order valence-electron chi connectivity index (χ2n) is 3.40. The lowest BCUT2D eigenvalue weighted by molar-refractivity contribution is 0.189. The van der Waals surface area contributed by atoms with Crippen molar-refractivity contribution in [1.82, 2.24) is 9.55 Å². The zero-order valence-electron chi connectivity index (χ0n) is 8.86. The Morgan fingerprint density at radius 2 is 2.44 bits per heavy atom. The molecule has 4 nitrogen and oxygen atoms in total. The Kier molecular flexibility index (Phi) is 3.52. The molecule has 0 bridgehead atoms. The van der Waals surface area contributed by atoms with Gasteiger partial charge in [0.25, 0.3) is 5.56 Å². The summed E-state index contributed by atoms with van der Waals surface area (Å²) >= 11 is 6.65. The van der Waals surface area contributed by atoms with Crippen LogP contribution in [0.3, 0.4) is 0 Å². The van der Waals surface area contributed by atoms with Crippen LogP contribution in [0.1, 0.15) is 6.42 Å². The highest BCUT2D eigenvalue weighted by Gasteiger charge is 2.05. The van der Waals surface area contributed by atoms with E-state index in [1.807, 2.05) is 11.4 Å². The summed E-state index contributed by atoms with van der Waals surface area (Å²) in [5.74, 6) is 0. The summed E-state index contributed by atoms with van der Waals surface area (Å²) in [6.45, 7) is 1.22. The number of aromatic nitrogens is 2. The van der Waals surface area contributed by atoms with E-state index in [-0.39, 0.29) is 5.56 Å². The lowest BCUT2D eigenvalue weighted by Gasteiger charge is -2.05. The molecule has 0 saturated heterocycles. The van der Waals surface area contributed by atoms with Crippen LogP contribution in [-0.2, 0) is 11.3 Å². The predicted molar refractivity (Wildman–Crippen MR) is 67.8 cm³/mol. The summed E-state index contributed by atoms with van der Waals surface area (Å²) in [5, 5.41) is 2.59. The van der Waals surface area contributed by atoms with Crippen molar-refractivity contribution >= 4 is 33.8 Å². The third-order valence-corrected chi connectivity index (χ3v) is 3.49. The predicted octanol–water partition coefficient (Wildman–Crippen LogP) is 2.16. The molecule has 0 saturated carbocycles. The number of H-pyrrole nitrogens is 1. The highest BCUT2D eigenvalue weighted by Crippen LogP contribution is 2.13. The van der Waals surface area contributed by atoms with E-state index in [1.54, 1.807) is 11.7 Å². The first-order valence-electron chi connectivity index (χ1n) is 4.93. The highest BCUT2D eigenvalue weighted by molar-refractivity contribution is 7.71. The molecule has 86 valence electrons. The van der Waals surface area contributed by atoms with Gasteiger partial charge in [0.05, 0.1) is 5.39 Å². The van der Waals surface area contributed by atoms with Crippen LogP contribution in [0.5, 0.6) is 0 Å². The molecule has 2 aromatic heterocycles. The van der Waals surface area contributed by atoms with Gasteiger partial charge in [-0.2, -0.15) is 0 Å². The number of nitrogens with one attached hydrogen (secondary N) is 1. The molecule has 0 aliphatic heterocycles. The van der Waals surface area contributed by atoms with E-state index in [1.165, 1.54) is 11.3 Å². The molecule has 2 rings (SSSR count). The molecule has 0 aliphatic carbocycles. The lowest BCUT2D eigenvalue weighted by atomic mass is 10.4. The zero-order valence-corrected chi connectivity index (χ0v) is 10.5. The first kappa shape index (κ1) is 11.5. The molecule has 0 aliphatic rings. The maximum atomic E-state index is 12.0. The van der Waals surface area contributed by atoms with Crippen molar-refractivity contribution < 1.29 is 4.74 Å². The molecule has 1 N–H and O–H groups in total. The molecule has 0 fully saturated rings. The van der Waals surface area contributed by atoms with Gasteiger partial charge in [-0.25, -0.2) is 0 Å². The Bertz CT molecular complexity index is 597. The molecule has 0 spiro atoms. The van der Waals surface area contributed by atoms with Gasteiger partial charge in [-0.15, -0.1) is 11.3 Å². The molecule has 0 aromatic carbocycles. The van der Waals surface area contributed by atoms with Gasteiger partial charge in [-0.1, -0.05) is 0 Å². The number of nitrogens with zero attached hydrogens (tertiary/aromatic N) is 1. The minimum Gasteiger partial charge on any atom is -0.385 e. The van der Waals surface area contributed by atoms with Crippen LogP contribution in [0, 0.1) is 4.77 Å².